The minimum atomic E-state index is -0.355. The summed E-state index contributed by atoms with van der Waals surface area (Å²) < 4.78 is 0. The van der Waals surface area contributed by atoms with Crippen LogP contribution in [0.25, 0.3) is 0 Å². The van der Waals surface area contributed by atoms with Gasteiger partial charge in [0.05, 0.1) is 11.7 Å². The zero-order valence-corrected chi connectivity index (χ0v) is 9.19. The number of aromatic amines is 1. The number of alkyl halides is 1. The first-order valence-corrected chi connectivity index (χ1v) is 5.07. The second kappa shape index (κ2) is 5.22. The number of anilines is 1. The van der Waals surface area contributed by atoms with Gasteiger partial charge in [-0.1, -0.05) is 18.5 Å². The van der Waals surface area contributed by atoms with Crippen LogP contribution in [0.3, 0.4) is 0 Å². The Balaban J connectivity index is 2.68. The van der Waals surface area contributed by atoms with E-state index < -0.39 is 0 Å². The van der Waals surface area contributed by atoms with Crippen molar-refractivity contribution in [2.24, 2.45) is 0 Å². The third-order valence-corrected chi connectivity index (χ3v) is 2.54. The molecule has 0 saturated heterocycles. The number of hydrogen-bond acceptors (Lipinski definition) is 3. The molecule has 0 aliphatic carbocycles. The normalized spacial score (nSPS) is 12.5. The van der Waals surface area contributed by atoms with Crippen LogP contribution in [-0.4, -0.2) is 21.9 Å². The van der Waals surface area contributed by atoms with Crippen molar-refractivity contribution < 1.29 is 0 Å². The van der Waals surface area contributed by atoms with Gasteiger partial charge in [-0.15, -0.1) is 11.6 Å². The summed E-state index contributed by atoms with van der Waals surface area (Å²) >= 11 is 11.6. The van der Waals surface area contributed by atoms with Crippen LogP contribution in [0.1, 0.15) is 13.3 Å². The van der Waals surface area contributed by atoms with Gasteiger partial charge in [0.25, 0.3) is 5.56 Å². The van der Waals surface area contributed by atoms with Crippen LogP contribution < -0.4 is 10.9 Å². The van der Waals surface area contributed by atoms with Gasteiger partial charge in [0.1, 0.15) is 5.02 Å². The largest absolute Gasteiger partial charge is 0.367 e. The molecule has 4 nitrogen and oxygen atoms in total. The van der Waals surface area contributed by atoms with Crippen LogP contribution in [-0.2, 0) is 0 Å². The highest BCUT2D eigenvalue weighted by Crippen LogP contribution is 2.12. The Labute approximate surface area is 91.6 Å². The van der Waals surface area contributed by atoms with Crippen LogP contribution in [0, 0.1) is 0 Å². The number of hydrogen-bond donors (Lipinski definition) is 2. The minimum Gasteiger partial charge on any atom is -0.367 e. The van der Waals surface area contributed by atoms with Crippen LogP contribution in [0.2, 0.25) is 5.02 Å². The molecule has 14 heavy (non-hydrogen) atoms. The number of H-pyrrole nitrogens is 1. The Morgan fingerprint density at radius 1 is 1.71 bits per heavy atom. The van der Waals surface area contributed by atoms with Gasteiger partial charge in [0, 0.05) is 6.54 Å². The van der Waals surface area contributed by atoms with Gasteiger partial charge in [-0.2, -0.15) is 0 Å². The molecule has 6 heteroatoms. The van der Waals surface area contributed by atoms with E-state index in [1.54, 1.807) is 0 Å². The van der Waals surface area contributed by atoms with Gasteiger partial charge < -0.3 is 10.3 Å². The molecule has 0 saturated carbocycles. The van der Waals surface area contributed by atoms with Gasteiger partial charge in [0.2, 0.25) is 0 Å². The average Bonchev–Trinajstić information content (AvgIpc) is 2.20. The van der Waals surface area contributed by atoms with Crippen molar-refractivity contribution in [2.75, 3.05) is 11.9 Å². The van der Waals surface area contributed by atoms with Gasteiger partial charge in [-0.3, -0.25) is 4.79 Å². The highest BCUT2D eigenvalue weighted by Gasteiger charge is 2.06. The average molecular weight is 236 g/mol. The Kier molecular flexibility index (Phi) is 4.22. The number of nitrogens with one attached hydrogen (secondary N) is 2. The molecule has 1 unspecified atom stereocenters. The molecule has 2 N–H and O–H groups in total. The molecule has 1 aromatic heterocycles. The third kappa shape index (κ3) is 2.89. The fourth-order valence-electron chi connectivity index (χ4n) is 0.858. The smallest absolute Gasteiger partial charge is 0.271 e. The zero-order valence-electron chi connectivity index (χ0n) is 7.68. The Morgan fingerprint density at radius 3 is 3.07 bits per heavy atom. The third-order valence-electron chi connectivity index (χ3n) is 1.73. The van der Waals surface area contributed by atoms with Crippen LogP contribution in [0.5, 0.6) is 0 Å². The van der Waals surface area contributed by atoms with E-state index >= 15 is 0 Å². The fraction of sp³-hybridized carbons (Fsp3) is 0.500. The fourth-order valence-corrected chi connectivity index (χ4v) is 1.11. The summed E-state index contributed by atoms with van der Waals surface area (Å²) in [5, 5.41) is 2.98. The summed E-state index contributed by atoms with van der Waals surface area (Å²) in [7, 11) is 0. The number of rotatable bonds is 4. The highest BCUT2D eigenvalue weighted by molar-refractivity contribution is 6.32. The summed E-state index contributed by atoms with van der Waals surface area (Å²) in [6, 6.07) is 0. The molecule has 1 aromatic rings. The molecule has 1 heterocycles. The quantitative estimate of drug-likeness (QED) is 0.784. The molecule has 0 fully saturated rings. The SMILES string of the molecule is CCC(Cl)CNc1nc[nH]c(=O)c1Cl. The van der Waals surface area contributed by atoms with E-state index in [1.165, 1.54) is 6.33 Å². The van der Waals surface area contributed by atoms with E-state index in [4.69, 9.17) is 23.2 Å². The van der Waals surface area contributed by atoms with Crippen LogP contribution >= 0.6 is 23.2 Å². The maximum Gasteiger partial charge on any atom is 0.271 e. The van der Waals surface area contributed by atoms with Crippen molar-refractivity contribution in [1.29, 1.82) is 0 Å². The second-order valence-corrected chi connectivity index (χ2v) is 3.78. The molecular formula is C8H11Cl2N3O. The maximum absolute atomic E-state index is 11.1. The molecule has 0 aliphatic rings. The van der Waals surface area contributed by atoms with E-state index in [2.05, 4.69) is 15.3 Å². The molecule has 0 bridgehead atoms. The summed E-state index contributed by atoms with van der Waals surface area (Å²) in [6.07, 6.45) is 2.14. The molecule has 0 amide bonds. The monoisotopic (exact) mass is 235 g/mol. The number of nitrogens with zero attached hydrogens (tertiary/aromatic N) is 1. The molecule has 0 spiro atoms. The molecule has 1 atom stereocenters. The van der Waals surface area contributed by atoms with Gasteiger partial charge in [-0.25, -0.2) is 4.98 Å². The molecule has 0 radical (unpaired) electrons. The zero-order chi connectivity index (χ0) is 10.6. The van der Waals surface area contributed by atoms with Gasteiger partial charge in [-0.05, 0) is 6.42 Å². The topological polar surface area (TPSA) is 57.8 Å². The molecule has 78 valence electrons. The lowest BCUT2D eigenvalue weighted by atomic mass is 10.3. The summed E-state index contributed by atoms with van der Waals surface area (Å²) in [5.41, 5.74) is -0.355. The van der Waals surface area contributed by atoms with Crippen molar-refractivity contribution in [3.8, 4) is 0 Å². The lowest BCUT2D eigenvalue weighted by Gasteiger charge is -2.09. The van der Waals surface area contributed by atoms with Crippen molar-refractivity contribution in [2.45, 2.75) is 18.7 Å². The number of aromatic nitrogens is 2. The molecule has 0 aliphatic heterocycles. The van der Waals surface area contributed by atoms with Crippen LogP contribution in [0.4, 0.5) is 5.82 Å². The first-order chi connectivity index (χ1) is 6.65. The predicted molar refractivity (Wildman–Crippen MR) is 58.3 cm³/mol. The van der Waals surface area contributed by atoms with Crippen molar-refractivity contribution >= 4 is 29.0 Å². The molecule has 0 aromatic carbocycles. The van der Waals surface area contributed by atoms with E-state index in [9.17, 15) is 4.79 Å². The standard InChI is InChI=1S/C8H11Cl2N3O/c1-2-5(9)3-11-7-6(10)8(14)13-4-12-7/h4-5H,2-3H2,1H3,(H2,11,12,13,14). The first-order valence-electron chi connectivity index (χ1n) is 4.26. The summed E-state index contributed by atoms with van der Waals surface area (Å²) in [5.74, 6) is 0.370. The molecule has 1 rings (SSSR count). The minimum absolute atomic E-state index is 0.00662. The maximum atomic E-state index is 11.1. The van der Waals surface area contributed by atoms with Crippen molar-refractivity contribution in [3.63, 3.8) is 0 Å². The summed E-state index contributed by atoms with van der Waals surface area (Å²) in [4.78, 5) is 17.3. The summed E-state index contributed by atoms with van der Waals surface area (Å²) in [6.45, 7) is 2.51. The lowest BCUT2D eigenvalue weighted by Crippen LogP contribution is -2.17. The van der Waals surface area contributed by atoms with Gasteiger partial charge >= 0.3 is 0 Å². The Bertz CT molecular complexity index is 353. The van der Waals surface area contributed by atoms with Crippen molar-refractivity contribution in [3.05, 3.63) is 21.7 Å². The van der Waals surface area contributed by atoms with Gasteiger partial charge in [0.15, 0.2) is 5.82 Å². The highest BCUT2D eigenvalue weighted by atomic mass is 35.5. The first kappa shape index (κ1) is 11.3. The van der Waals surface area contributed by atoms with Crippen LogP contribution in [0.15, 0.2) is 11.1 Å². The van der Waals surface area contributed by atoms with Crippen molar-refractivity contribution in [1.82, 2.24) is 9.97 Å². The van der Waals surface area contributed by atoms with E-state index in [0.29, 0.717) is 12.4 Å². The van der Waals surface area contributed by atoms with E-state index in [0.717, 1.165) is 6.42 Å². The number of halogens is 2. The lowest BCUT2D eigenvalue weighted by molar-refractivity contribution is 0.839. The molecular weight excluding hydrogens is 225 g/mol. The Hall–Kier alpha value is -0.740. The Morgan fingerprint density at radius 2 is 2.43 bits per heavy atom. The van der Waals surface area contributed by atoms with E-state index in [1.807, 2.05) is 6.92 Å². The van der Waals surface area contributed by atoms with E-state index in [-0.39, 0.29) is 16.0 Å². The predicted octanol–water partition coefficient (Wildman–Crippen LogP) is 1.85. The second-order valence-electron chi connectivity index (χ2n) is 2.78.